The van der Waals surface area contributed by atoms with Gasteiger partial charge in [0.2, 0.25) is 11.9 Å². The van der Waals surface area contributed by atoms with Crippen LogP contribution in [0.5, 0.6) is 0 Å². The minimum absolute atomic E-state index is 0.0397. The highest BCUT2D eigenvalue weighted by atomic mass is 19.1. The summed E-state index contributed by atoms with van der Waals surface area (Å²) < 4.78 is 13.2. The van der Waals surface area contributed by atoms with Crippen LogP contribution in [-0.4, -0.2) is 64.4 Å². The summed E-state index contributed by atoms with van der Waals surface area (Å²) in [5, 5.41) is 0. The van der Waals surface area contributed by atoms with E-state index in [1.165, 1.54) is 12.1 Å². The number of carbonyl (C=O) groups excluding carboxylic acids is 1. The van der Waals surface area contributed by atoms with Crippen molar-refractivity contribution in [3.8, 4) is 0 Å². The molecule has 4 rings (SSSR count). The maximum Gasteiger partial charge on any atom is 0.240 e. The predicted octanol–water partition coefficient (Wildman–Crippen LogP) is 2.10. The van der Waals surface area contributed by atoms with Crippen LogP contribution in [0.4, 0.5) is 10.3 Å². The van der Waals surface area contributed by atoms with Crippen LogP contribution in [0.1, 0.15) is 24.9 Å². The number of rotatable bonds is 4. The molecule has 0 saturated carbocycles. The van der Waals surface area contributed by atoms with Crippen LogP contribution < -0.4 is 4.90 Å². The molecule has 6 nitrogen and oxygen atoms in total. The van der Waals surface area contributed by atoms with Crippen molar-refractivity contribution >= 4 is 11.9 Å². The molecule has 7 heteroatoms. The topological polar surface area (TPSA) is 52.6 Å². The third kappa shape index (κ3) is 3.64. The van der Waals surface area contributed by atoms with Crippen molar-refractivity contribution in [2.75, 3.05) is 37.6 Å². The van der Waals surface area contributed by atoms with E-state index < -0.39 is 0 Å². The lowest BCUT2D eigenvalue weighted by Crippen LogP contribution is -2.53. The Hall–Kier alpha value is -2.54. The van der Waals surface area contributed by atoms with Gasteiger partial charge >= 0.3 is 0 Å². The van der Waals surface area contributed by atoms with Gasteiger partial charge in [-0.2, -0.15) is 0 Å². The zero-order chi connectivity index (χ0) is 18.8. The molecule has 0 unspecified atom stereocenters. The quantitative estimate of drug-likeness (QED) is 0.826. The standard InChI is InChI=1S/C20H24FN5O/c1-15(16-3-5-17(21)6-4-16)26-10-7-18(19(26)27)24-11-13-25(14-12-24)20-22-8-2-9-23-20/h2-6,8-9,15,18H,7,10-14H2,1H3/t15-,18+/m1/s1. The Morgan fingerprint density at radius 1 is 1.04 bits per heavy atom. The van der Waals surface area contributed by atoms with Crippen LogP contribution in [0.2, 0.25) is 0 Å². The van der Waals surface area contributed by atoms with Gasteiger partial charge in [0.25, 0.3) is 0 Å². The van der Waals surface area contributed by atoms with Crippen LogP contribution in [-0.2, 0) is 4.79 Å². The first-order valence-electron chi connectivity index (χ1n) is 9.45. The van der Waals surface area contributed by atoms with Gasteiger partial charge in [0.15, 0.2) is 0 Å². The molecule has 2 aliphatic heterocycles. The molecule has 0 radical (unpaired) electrons. The largest absolute Gasteiger partial charge is 0.338 e. The zero-order valence-corrected chi connectivity index (χ0v) is 15.5. The summed E-state index contributed by atoms with van der Waals surface area (Å²) in [5.41, 5.74) is 0.969. The summed E-state index contributed by atoms with van der Waals surface area (Å²) in [5.74, 6) is 0.675. The lowest BCUT2D eigenvalue weighted by atomic mass is 10.1. The molecular weight excluding hydrogens is 345 g/mol. The minimum atomic E-state index is -0.253. The normalized spacial score (nSPS) is 22.3. The van der Waals surface area contributed by atoms with Crippen molar-refractivity contribution in [1.29, 1.82) is 0 Å². The van der Waals surface area contributed by atoms with Crippen molar-refractivity contribution in [2.24, 2.45) is 0 Å². The van der Waals surface area contributed by atoms with E-state index in [4.69, 9.17) is 0 Å². The van der Waals surface area contributed by atoms with Crippen molar-refractivity contribution < 1.29 is 9.18 Å². The van der Waals surface area contributed by atoms with Crippen LogP contribution in [0, 0.1) is 5.82 Å². The first-order valence-corrected chi connectivity index (χ1v) is 9.45. The summed E-state index contributed by atoms with van der Waals surface area (Å²) in [6.45, 7) is 6.05. The fourth-order valence-corrected chi connectivity index (χ4v) is 4.02. The molecule has 142 valence electrons. The van der Waals surface area contributed by atoms with Crippen molar-refractivity contribution in [2.45, 2.75) is 25.4 Å². The predicted molar refractivity (Wildman–Crippen MR) is 101 cm³/mol. The Morgan fingerprint density at radius 3 is 2.37 bits per heavy atom. The monoisotopic (exact) mass is 369 g/mol. The summed E-state index contributed by atoms with van der Waals surface area (Å²) >= 11 is 0. The molecule has 1 aromatic carbocycles. The van der Waals surface area contributed by atoms with Gasteiger partial charge in [0.1, 0.15) is 5.82 Å². The van der Waals surface area contributed by atoms with Crippen LogP contribution in [0.15, 0.2) is 42.7 Å². The number of likely N-dealkylation sites (tertiary alicyclic amines) is 1. The fraction of sp³-hybridized carbons (Fsp3) is 0.450. The second-order valence-electron chi connectivity index (χ2n) is 7.14. The van der Waals surface area contributed by atoms with Gasteiger partial charge in [-0.3, -0.25) is 9.69 Å². The third-order valence-corrected chi connectivity index (χ3v) is 5.62. The van der Waals surface area contributed by atoms with Crippen molar-refractivity contribution in [3.05, 3.63) is 54.1 Å². The molecule has 2 aliphatic rings. The van der Waals surface area contributed by atoms with E-state index in [9.17, 15) is 9.18 Å². The zero-order valence-electron chi connectivity index (χ0n) is 15.5. The van der Waals surface area contributed by atoms with E-state index in [1.807, 2.05) is 17.9 Å². The van der Waals surface area contributed by atoms with E-state index in [0.29, 0.717) is 0 Å². The summed E-state index contributed by atoms with van der Waals surface area (Å²) in [6, 6.07) is 8.14. The van der Waals surface area contributed by atoms with Crippen molar-refractivity contribution in [1.82, 2.24) is 19.8 Å². The van der Waals surface area contributed by atoms with Crippen LogP contribution in [0.25, 0.3) is 0 Å². The molecule has 0 N–H and O–H groups in total. The lowest BCUT2D eigenvalue weighted by molar-refractivity contribution is -0.134. The van der Waals surface area contributed by atoms with Crippen LogP contribution >= 0.6 is 0 Å². The summed E-state index contributed by atoms with van der Waals surface area (Å²) in [7, 11) is 0. The van der Waals surface area contributed by atoms with E-state index in [2.05, 4.69) is 19.8 Å². The molecule has 2 atom stereocenters. The van der Waals surface area contributed by atoms with Gasteiger partial charge in [-0.1, -0.05) is 12.1 Å². The lowest BCUT2D eigenvalue weighted by Gasteiger charge is -2.37. The molecule has 0 bridgehead atoms. The van der Waals surface area contributed by atoms with Crippen molar-refractivity contribution in [3.63, 3.8) is 0 Å². The highest BCUT2D eigenvalue weighted by molar-refractivity contribution is 5.84. The fourth-order valence-electron chi connectivity index (χ4n) is 4.02. The maximum absolute atomic E-state index is 13.2. The molecule has 0 spiro atoms. The molecule has 1 aromatic heterocycles. The number of aromatic nitrogens is 2. The summed E-state index contributed by atoms with van der Waals surface area (Å²) in [6.07, 6.45) is 4.35. The Morgan fingerprint density at radius 2 is 1.70 bits per heavy atom. The molecule has 2 saturated heterocycles. The average Bonchev–Trinajstić information content (AvgIpc) is 3.10. The van der Waals surface area contributed by atoms with Crippen LogP contribution in [0.3, 0.4) is 0 Å². The molecule has 1 amide bonds. The number of halogens is 1. The molecule has 2 aromatic rings. The molecule has 3 heterocycles. The Balaban J connectivity index is 1.37. The first kappa shape index (κ1) is 17.9. The van der Waals surface area contributed by atoms with E-state index in [-0.39, 0.29) is 23.8 Å². The Kier molecular flexibility index (Phi) is 5.03. The van der Waals surface area contributed by atoms with E-state index in [1.54, 1.807) is 24.5 Å². The SMILES string of the molecule is C[C@H](c1ccc(F)cc1)N1CC[C@H](N2CCN(c3ncccn3)CC2)C1=O. The van der Waals surface area contributed by atoms with Gasteiger partial charge in [-0.05, 0) is 37.1 Å². The second kappa shape index (κ2) is 7.60. The smallest absolute Gasteiger partial charge is 0.240 e. The number of nitrogens with zero attached hydrogens (tertiary/aromatic N) is 5. The number of anilines is 1. The van der Waals surface area contributed by atoms with Gasteiger partial charge in [-0.15, -0.1) is 0 Å². The molecular formula is C20H24FN5O. The Labute approximate surface area is 158 Å². The maximum atomic E-state index is 13.2. The van der Waals surface area contributed by atoms with Gasteiger partial charge in [0, 0.05) is 45.1 Å². The molecule has 0 aliphatic carbocycles. The minimum Gasteiger partial charge on any atom is -0.338 e. The first-order chi connectivity index (χ1) is 13.1. The van der Waals surface area contributed by atoms with Gasteiger partial charge in [0.05, 0.1) is 12.1 Å². The van der Waals surface area contributed by atoms with E-state index in [0.717, 1.165) is 50.7 Å². The number of piperazine rings is 1. The second-order valence-corrected chi connectivity index (χ2v) is 7.14. The number of amides is 1. The van der Waals surface area contributed by atoms with E-state index >= 15 is 0 Å². The highest BCUT2D eigenvalue weighted by Gasteiger charge is 2.39. The highest BCUT2D eigenvalue weighted by Crippen LogP contribution is 2.28. The number of benzene rings is 1. The third-order valence-electron chi connectivity index (χ3n) is 5.62. The average molecular weight is 369 g/mol. The number of hydrogen-bond donors (Lipinski definition) is 0. The molecule has 2 fully saturated rings. The van der Waals surface area contributed by atoms with Gasteiger partial charge in [-0.25, -0.2) is 14.4 Å². The molecule has 27 heavy (non-hydrogen) atoms. The Bertz CT molecular complexity index is 777. The number of hydrogen-bond acceptors (Lipinski definition) is 5. The number of carbonyl (C=O) groups is 1. The summed E-state index contributed by atoms with van der Waals surface area (Å²) in [4.78, 5) is 28.0. The van der Waals surface area contributed by atoms with Gasteiger partial charge < -0.3 is 9.80 Å².